The molecule has 0 unspecified atom stereocenters. The molecular formula is C18H23N3OS. The molecule has 1 aromatic carbocycles. The van der Waals surface area contributed by atoms with Crippen LogP contribution in [0.25, 0.3) is 10.6 Å². The molecule has 0 spiro atoms. The van der Waals surface area contributed by atoms with Crippen molar-refractivity contribution in [3.05, 3.63) is 41.4 Å². The lowest BCUT2D eigenvalue weighted by Gasteiger charge is -2.31. The number of carbonyl (C=O) groups excluding carboxylic acids is 1. The second-order valence-corrected chi connectivity index (χ2v) is 7.15. The van der Waals surface area contributed by atoms with Gasteiger partial charge in [0, 0.05) is 37.5 Å². The van der Waals surface area contributed by atoms with Crippen molar-refractivity contribution in [1.29, 1.82) is 0 Å². The summed E-state index contributed by atoms with van der Waals surface area (Å²) in [7, 11) is 3.68. The fourth-order valence-electron chi connectivity index (χ4n) is 3.03. The predicted octanol–water partition coefficient (Wildman–Crippen LogP) is 3.11. The van der Waals surface area contributed by atoms with Crippen molar-refractivity contribution >= 4 is 17.2 Å². The summed E-state index contributed by atoms with van der Waals surface area (Å²) in [6, 6.07) is 10.3. The van der Waals surface area contributed by atoms with Crippen LogP contribution < -0.4 is 0 Å². The van der Waals surface area contributed by atoms with Gasteiger partial charge in [0.1, 0.15) is 5.01 Å². The fourth-order valence-corrected chi connectivity index (χ4v) is 3.84. The Morgan fingerprint density at radius 2 is 1.96 bits per heavy atom. The third-order valence-electron chi connectivity index (χ3n) is 4.34. The minimum Gasteiger partial charge on any atom is -0.349 e. The van der Waals surface area contributed by atoms with Gasteiger partial charge in [0.25, 0.3) is 0 Å². The number of nitrogens with zero attached hydrogens (tertiary/aromatic N) is 3. The first kappa shape index (κ1) is 16.1. The van der Waals surface area contributed by atoms with E-state index in [1.807, 2.05) is 32.3 Å². The Kier molecular flexibility index (Phi) is 5.08. The number of piperidine rings is 1. The van der Waals surface area contributed by atoms with Crippen molar-refractivity contribution in [3.8, 4) is 10.6 Å². The van der Waals surface area contributed by atoms with Crippen LogP contribution in [0, 0.1) is 5.92 Å². The summed E-state index contributed by atoms with van der Waals surface area (Å²) in [5.41, 5.74) is 2.31. The van der Waals surface area contributed by atoms with Gasteiger partial charge in [-0.1, -0.05) is 30.3 Å². The highest BCUT2D eigenvalue weighted by Gasteiger charge is 2.26. The number of amides is 1. The zero-order chi connectivity index (χ0) is 16.2. The molecule has 4 nitrogen and oxygen atoms in total. The number of likely N-dealkylation sites (tertiary alicyclic amines) is 1. The highest BCUT2D eigenvalue weighted by Crippen LogP contribution is 2.25. The first-order valence-electron chi connectivity index (χ1n) is 8.07. The molecule has 2 aromatic rings. The summed E-state index contributed by atoms with van der Waals surface area (Å²) in [6.07, 6.45) is 1.90. The van der Waals surface area contributed by atoms with Gasteiger partial charge in [-0.25, -0.2) is 4.98 Å². The molecule has 23 heavy (non-hydrogen) atoms. The van der Waals surface area contributed by atoms with Crippen LogP contribution >= 0.6 is 11.3 Å². The molecule has 1 aromatic heterocycles. The summed E-state index contributed by atoms with van der Waals surface area (Å²) >= 11 is 1.70. The molecule has 2 heterocycles. The van der Waals surface area contributed by atoms with Gasteiger partial charge in [0.05, 0.1) is 5.69 Å². The molecule has 0 radical (unpaired) electrons. The van der Waals surface area contributed by atoms with Crippen LogP contribution in [-0.4, -0.2) is 47.9 Å². The molecule has 0 atom stereocenters. The van der Waals surface area contributed by atoms with Crippen molar-refractivity contribution in [2.75, 3.05) is 27.2 Å². The van der Waals surface area contributed by atoms with Gasteiger partial charge < -0.3 is 4.90 Å². The number of hydrogen-bond donors (Lipinski definition) is 0. The van der Waals surface area contributed by atoms with Crippen LogP contribution in [0.2, 0.25) is 0 Å². The van der Waals surface area contributed by atoms with E-state index in [-0.39, 0.29) is 11.8 Å². The van der Waals surface area contributed by atoms with E-state index in [0.29, 0.717) is 0 Å². The number of thiazole rings is 1. The van der Waals surface area contributed by atoms with Gasteiger partial charge in [0.2, 0.25) is 5.91 Å². The zero-order valence-corrected chi connectivity index (χ0v) is 14.6. The predicted molar refractivity (Wildman–Crippen MR) is 94.2 cm³/mol. The highest BCUT2D eigenvalue weighted by molar-refractivity contribution is 7.13. The van der Waals surface area contributed by atoms with E-state index >= 15 is 0 Å². The van der Waals surface area contributed by atoms with E-state index in [1.165, 1.54) is 5.56 Å². The minimum absolute atomic E-state index is 0.191. The summed E-state index contributed by atoms with van der Waals surface area (Å²) < 4.78 is 0. The Bertz CT molecular complexity index is 645. The monoisotopic (exact) mass is 329 g/mol. The Labute approximate surface area is 141 Å². The normalized spacial score (nSPS) is 16.4. The summed E-state index contributed by atoms with van der Waals surface area (Å²) in [5, 5.41) is 3.23. The van der Waals surface area contributed by atoms with Crippen LogP contribution in [0.1, 0.15) is 18.5 Å². The van der Waals surface area contributed by atoms with Gasteiger partial charge in [-0.3, -0.25) is 9.69 Å². The fraction of sp³-hybridized carbons (Fsp3) is 0.444. The lowest BCUT2D eigenvalue weighted by atomic mass is 9.95. The average Bonchev–Trinajstić information content (AvgIpc) is 3.04. The lowest BCUT2D eigenvalue weighted by molar-refractivity contribution is -0.134. The largest absolute Gasteiger partial charge is 0.349 e. The first-order valence-corrected chi connectivity index (χ1v) is 8.95. The van der Waals surface area contributed by atoms with E-state index in [2.05, 4.69) is 22.4 Å². The second-order valence-electron chi connectivity index (χ2n) is 6.29. The SMILES string of the molecule is CN(C)C(=O)C1CCN(Cc2csc(-c3ccccc3)n2)CC1. The molecule has 1 saturated heterocycles. The molecule has 0 saturated carbocycles. The third-order valence-corrected chi connectivity index (χ3v) is 5.28. The first-order chi connectivity index (χ1) is 11.1. The van der Waals surface area contributed by atoms with E-state index in [0.717, 1.165) is 43.2 Å². The van der Waals surface area contributed by atoms with Crippen molar-refractivity contribution < 1.29 is 4.79 Å². The average molecular weight is 329 g/mol. The molecule has 0 aliphatic carbocycles. The van der Waals surface area contributed by atoms with Crippen LogP contribution in [0.15, 0.2) is 35.7 Å². The summed E-state index contributed by atoms with van der Waals surface area (Å²) in [5.74, 6) is 0.459. The summed E-state index contributed by atoms with van der Waals surface area (Å²) in [4.78, 5) is 20.9. The third kappa shape index (κ3) is 3.98. The summed E-state index contributed by atoms with van der Waals surface area (Å²) in [6.45, 7) is 2.83. The zero-order valence-electron chi connectivity index (χ0n) is 13.7. The maximum atomic E-state index is 12.0. The van der Waals surface area contributed by atoms with Gasteiger partial charge in [-0.2, -0.15) is 0 Å². The van der Waals surface area contributed by atoms with Gasteiger partial charge in [0.15, 0.2) is 0 Å². The van der Waals surface area contributed by atoms with Crippen molar-refractivity contribution in [2.45, 2.75) is 19.4 Å². The van der Waals surface area contributed by atoms with Crippen molar-refractivity contribution in [2.24, 2.45) is 5.92 Å². The Balaban J connectivity index is 1.55. The van der Waals surface area contributed by atoms with Crippen LogP contribution in [-0.2, 0) is 11.3 Å². The Morgan fingerprint density at radius 1 is 1.26 bits per heavy atom. The molecule has 1 amide bonds. The number of carbonyl (C=O) groups is 1. The molecule has 0 bridgehead atoms. The molecule has 0 N–H and O–H groups in total. The van der Waals surface area contributed by atoms with Gasteiger partial charge in [-0.15, -0.1) is 11.3 Å². The van der Waals surface area contributed by atoms with E-state index < -0.39 is 0 Å². The topological polar surface area (TPSA) is 36.4 Å². The Morgan fingerprint density at radius 3 is 2.61 bits per heavy atom. The number of rotatable bonds is 4. The van der Waals surface area contributed by atoms with Crippen molar-refractivity contribution in [3.63, 3.8) is 0 Å². The maximum Gasteiger partial charge on any atom is 0.225 e. The van der Waals surface area contributed by atoms with Crippen LogP contribution in [0.5, 0.6) is 0 Å². The molecule has 1 fully saturated rings. The van der Waals surface area contributed by atoms with Gasteiger partial charge in [-0.05, 0) is 25.9 Å². The molecular weight excluding hydrogens is 306 g/mol. The van der Waals surface area contributed by atoms with Crippen LogP contribution in [0.3, 0.4) is 0 Å². The maximum absolute atomic E-state index is 12.0. The molecule has 1 aliphatic rings. The standard InChI is InChI=1S/C18H23N3OS/c1-20(2)18(22)15-8-10-21(11-9-15)12-16-13-23-17(19-16)14-6-4-3-5-7-14/h3-7,13,15H,8-12H2,1-2H3. The van der Waals surface area contributed by atoms with Crippen LogP contribution in [0.4, 0.5) is 0 Å². The van der Waals surface area contributed by atoms with Gasteiger partial charge >= 0.3 is 0 Å². The molecule has 3 rings (SSSR count). The molecule has 122 valence electrons. The number of benzene rings is 1. The smallest absolute Gasteiger partial charge is 0.225 e. The second kappa shape index (κ2) is 7.23. The highest BCUT2D eigenvalue weighted by atomic mass is 32.1. The van der Waals surface area contributed by atoms with E-state index in [1.54, 1.807) is 16.2 Å². The number of aromatic nitrogens is 1. The molecule has 1 aliphatic heterocycles. The van der Waals surface area contributed by atoms with E-state index in [4.69, 9.17) is 4.98 Å². The molecule has 5 heteroatoms. The minimum atomic E-state index is 0.191. The quantitative estimate of drug-likeness (QED) is 0.865. The lowest BCUT2D eigenvalue weighted by Crippen LogP contribution is -2.39. The number of hydrogen-bond acceptors (Lipinski definition) is 4. The van der Waals surface area contributed by atoms with Crippen molar-refractivity contribution in [1.82, 2.24) is 14.8 Å². The Hall–Kier alpha value is -1.72. The van der Waals surface area contributed by atoms with E-state index in [9.17, 15) is 4.79 Å².